The number of hydrogen-bond acceptors (Lipinski definition) is 4. The van der Waals surface area contributed by atoms with Crippen molar-refractivity contribution < 1.29 is 17.9 Å². The molecule has 0 bridgehead atoms. The number of carbonyl (C=O) groups excluding carboxylic acids is 1. The molecule has 0 spiro atoms. The number of sulfonamides is 1. The van der Waals surface area contributed by atoms with Gasteiger partial charge in [0.1, 0.15) is 6.04 Å². The molecule has 1 aromatic carbocycles. The number of esters is 1. The topological polar surface area (TPSA) is 63.7 Å². The number of methoxy groups -OCH3 is 1. The molecule has 0 N–H and O–H groups in total. The van der Waals surface area contributed by atoms with Gasteiger partial charge in [-0.3, -0.25) is 4.79 Å². The van der Waals surface area contributed by atoms with E-state index >= 15 is 0 Å². The summed E-state index contributed by atoms with van der Waals surface area (Å²) in [6.07, 6.45) is 0.263. The largest absolute Gasteiger partial charge is 0.468 e. The molecule has 1 aliphatic rings. The van der Waals surface area contributed by atoms with Crippen molar-refractivity contribution in [1.29, 1.82) is 0 Å². The Kier molecular flexibility index (Phi) is 4.36. The van der Waals surface area contributed by atoms with E-state index in [1.807, 2.05) is 6.92 Å². The van der Waals surface area contributed by atoms with E-state index in [9.17, 15) is 13.2 Å². The van der Waals surface area contributed by atoms with Gasteiger partial charge in [-0.05, 0) is 25.5 Å². The van der Waals surface area contributed by atoms with E-state index in [1.165, 1.54) is 19.2 Å². The second kappa shape index (κ2) is 5.71. The molecule has 20 heavy (non-hydrogen) atoms. The molecule has 5 nitrogen and oxygen atoms in total. The molecular weight excluding hydrogens is 302 g/mol. The summed E-state index contributed by atoms with van der Waals surface area (Å²) >= 11 is 6.01. The maximum Gasteiger partial charge on any atom is 0.324 e. The molecule has 1 heterocycles. The predicted molar refractivity (Wildman–Crippen MR) is 75.1 cm³/mol. The molecule has 2 atom stereocenters. The summed E-state index contributed by atoms with van der Waals surface area (Å²) in [5, 5.41) is -0.390. The van der Waals surface area contributed by atoms with Crippen LogP contribution in [0.15, 0.2) is 29.2 Å². The summed E-state index contributed by atoms with van der Waals surface area (Å²) in [5.74, 6) is -0.580. The molecule has 1 saturated heterocycles. The third-order valence-corrected chi connectivity index (χ3v) is 5.51. The molecule has 0 saturated carbocycles. The van der Waals surface area contributed by atoms with Crippen LogP contribution in [0.2, 0.25) is 0 Å². The fourth-order valence-electron chi connectivity index (χ4n) is 2.22. The number of rotatable bonds is 3. The van der Waals surface area contributed by atoms with Crippen LogP contribution >= 0.6 is 11.6 Å². The van der Waals surface area contributed by atoms with Crippen LogP contribution in [-0.2, 0) is 19.6 Å². The van der Waals surface area contributed by atoms with Crippen LogP contribution in [0.1, 0.15) is 12.0 Å². The molecule has 1 aromatic rings. The summed E-state index contributed by atoms with van der Waals surface area (Å²) < 4.78 is 30.9. The Morgan fingerprint density at radius 1 is 1.35 bits per heavy atom. The second-order valence-corrected chi connectivity index (χ2v) is 7.27. The van der Waals surface area contributed by atoms with Crippen molar-refractivity contribution in [3.63, 3.8) is 0 Å². The maximum absolute atomic E-state index is 12.6. The van der Waals surface area contributed by atoms with Crippen LogP contribution in [0.3, 0.4) is 0 Å². The van der Waals surface area contributed by atoms with Gasteiger partial charge < -0.3 is 4.74 Å². The van der Waals surface area contributed by atoms with E-state index in [0.717, 1.165) is 9.87 Å². The summed E-state index contributed by atoms with van der Waals surface area (Å²) in [7, 11) is -2.51. The average molecular weight is 318 g/mol. The Bertz CT molecular complexity index is 599. The van der Waals surface area contributed by atoms with Gasteiger partial charge >= 0.3 is 5.97 Å². The minimum absolute atomic E-state index is 0.109. The van der Waals surface area contributed by atoms with Gasteiger partial charge in [0, 0.05) is 11.9 Å². The number of ether oxygens (including phenoxy) is 1. The molecule has 2 rings (SSSR count). The Labute approximate surface area is 123 Å². The van der Waals surface area contributed by atoms with E-state index in [4.69, 9.17) is 11.6 Å². The summed E-state index contributed by atoms with van der Waals surface area (Å²) in [6, 6.07) is 5.64. The highest BCUT2D eigenvalue weighted by molar-refractivity contribution is 7.89. The molecule has 0 radical (unpaired) electrons. The molecule has 1 fully saturated rings. The van der Waals surface area contributed by atoms with Gasteiger partial charge in [0.2, 0.25) is 10.0 Å². The van der Waals surface area contributed by atoms with Gasteiger partial charge in [-0.2, -0.15) is 4.31 Å². The minimum atomic E-state index is -3.74. The number of halogens is 1. The Morgan fingerprint density at radius 2 is 1.95 bits per heavy atom. The highest BCUT2D eigenvalue weighted by Crippen LogP contribution is 2.29. The van der Waals surface area contributed by atoms with Crippen molar-refractivity contribution in [2.45, 2.75) is 29.7 Å². The van der Waals surface area contributed by atoms with E-state index < -0.39 is 22.0 Å². The molecule has 1 aliphatic heterocycles. The standard InChI is InChI=1S/C13H16ClNO4S/c1-9-3-5-11(6-4-9)20(17,18)15-8-10(14)7-12(15)13(16)19-2/h3-6,10,12H,7-8H2,1-2H3/t10-,12+/m0/s1. The lowest BCUT2D eigenvalue weighted by atomic mass is 10.2. The van der Waals surface area contributed by atoms with Gasteiger partial charge in [-0.15, -0.1) is 11.6 Å². The van der Waals surface area contributed by atoms with Gasteiger partial charge in [-0.25, -0.2) is 8.42 Å². The van der Waals surface area contributed by atoms with Crippen LogP contribution in [0.25, 0.3) is 0 Å². The molecule has 0 unspecified atom stereocenters. The Hall–Kier alpha value is -1.11. The zero-order valence-electron chi connectivity index (χ0n) is 11.2. The van der Waals surface area contributed by atoms with Gasteiger partial charge in [0.25, 0.3) is 0 Å². The van der Waals surface area contributed by atoms with Crippen molar-refractivity contribution >= 4 is 27.6 Å². The van der Waals surface area contributed by atoms with E-state index in [1.54, 1.807) is 12.1 Å². The monoisotopic (exact) mass is 317 g/mol. The molecule has 7 heteroatoms. The van der Waals surface area contributed by atoms with Crippen LogP contribution in [0.5, 0.6) is 0 Å². The first-order chi connectivity index (χ1) is 9.36. The lowest BCUT2D eigenvalue weighted by Gasteiger charge is -2.22. The lowest BCUT2D eigenvalue weighted by molar-refractivity contribution is -0.144. The molecule has 0 aliphatic carbocycles. The van der Waals surface area contributed by atoms with Gasteiger partial charge in [0.05, 0.1) is 12.0 Å². The summed E-state index contributed by atoms with van der Waals surface area (Å²) in [6.45, 7) is 1.98. The number of hydrogen-bond donors (Lipinski definition) is 0. The number of nitrogens with zero attached hydrogens (tertiary/aromatic N) is 1. The zero-order chi connectivity index (χ0) is 14.9. The van der Waals surface area contributed by atoms with Crippen molar-refractivity contribution in [2.24, 2.45) is 0 Å². The first-order valence-corrected chi connectivity index (χ1v) is 8.04. The normalized spacial score (nSPS) is 23.8. The number of aryl methyl sites for hydroxylation is 1. The van der Waals surface area contributed by atoms with Crippen molar-refractivity contribution in [1.82, 2.24) is 4.31 Å². The minimum Gasteiger partial charge on any atom is -0.468 e. The zero-order valence-corrected chi connectivity index (χ0v) is 12.8. The van der Waals surface area contributed by atoms with Crippen molar-refractivity contribution in [3.05, 3.63) is 29.8 Å². The van der Waals surface area contributed by atoms with Crippen molar-refractivity contribution in [3.8, 4) is 0 Å². The summed E-state index contributed by atoms with van der Waals surface area (Å²) in [4.78, 5) is 11.9. The molecule has 110 valence electrons. The third-order valence-electron chi connectivity index (χ3n) is 3.31. The molecule has 0 amide bonds. The van der Waals surface area contributed by atoms with Crippen LogP contribution < -0.4 is 0 Å². The van der Waals surface area contributed by atoms with Gasteiger partial charge in [0.15, 0.2) is 0 Å². The lowest BCUT2D eigenvalue weighted by Crippen LogP contribution is -2.41. The number of alkyl halides is 1. The Balaban J connectivity index is 2.37. The fourth-order valence-corrected chi connectivity index (χ4v) is 4.25. The first-order valence-electron chi connectivity index (χ1n) is 6.16. The SMILES string of the molecule is COC(=O)[C@H]1C[C@H](Cl)CN1S(=O)(=O)c1ccc(C)cc1. The summed E-state index contributed by atoms with van der Waals surface area (Å²) in [5.41, 5.74) is 0.963. The van der Waals surface area contributed by atoms with Gasteiger partial charge in [-0.1, -0.05) is 17.7 Å². The van der Waals surface area contributed by atoms with Crippen LogP contribution in [0.4, 0.5) is 0 Å². The van der Waals surface area contributed by atoms with E-state index in [-0.39, 0.29) is 23.2 Å². The fraction of sp³-hybridized carbons (Fsp3) is 0.462. The highest BCUT2D eigenvalue weighted by Gasteiger charge is 2.43. The average Bonchev–Trinajstić information content (AvgIpc) is 2.81. The first kappa shape index (κ1) is 15.3. The quantitative estimate of drug-likeness (QED) is 0.626. The Morgan fingerprint density at radius 3 is 2.50 bits per heavy atom. The van der Waals surface area contributed by atoms with Crippen molar-refractivity contribution in [2.75, 3.05) is 13.7 Å². The predicted octanol–water partition coefficient (Wildman–Crippen LogP) is 1.54. The third kappa shape index (κ3) is 2.82. The molecule has 0 aromatic heterocycles. The van der Waals surface area contributed by atoms with E-state index in [0.29, 0.717) is 0 Å². The number of carbonyl (C=O) groups is 1. The van der Waals surface area contributed by atoms with Crippen LogP contribution in [0, 0.1) is 6.92 Å². The maximum atomic E-state index is 12.6. The number of benzene rings is 1. The smallest absolute Gasteiger partial charge is 0.324 e. The highest BCUT2D eigenvalue weighted by atomic mass is 35.5. The second-order valence-electron chi connectivity index (χ2n) is 4.76. The molecular formula is C13H16ClNO4S. The van der Waals surface area contributed by atoms with E-state index in [2.05, 4.69) is 4.74 Å². The van der Waals surface area contributed by atoms with Crippen LogP contribution in [-0.4, -0.2) is 43.8 Å².